The molecule has 0 saturated heterocycles. The van der Waals surface area contributed by atoms with Crippen LogP contribution in [0.3, 0.4) is 0 Å². The number of aryl methyl sites for hydroxylation is 2. The molecule has 0 unspecified atom stereocenters. The zero-order valence-corrected chi connectivity index (χ0v) is 18.5. The highest BCUT2D eigenvalue weighted by atomic mass is 35.5. The Hall–Kier alpha value is -2.26. The molecule has 162 valence electrons. The van der Waals surface area contributed by atoms with E-state index >= 15 is 4.39 Å². The molecule has 3 aromatic carbocycles. The molecule has 0 spiro atoms. The van der Waals surface area contributed by atoms with E-state index in [4.69, 9.17) is 11.6 Å². The molecule has 4 heteroatoms. The Kier molecular flexibility index (Phi) is 6.71. The summed E-state index contributed by atoms with van der Waals surface area (Å²) in [6, 6.07) is 12.1. The van der Waals surface area contributed by atoms with Gasteiger partial charge in [0.2, 0.25) is 0 Å². The van der Waals surface area contributed by atoms with Gasteiger partial charge in [0.05, 0.1) is 0 Å². The first-order valence-corrected chi connectivity index (χ1v) is 11.5. The first-order chi connectivity index (χ1) is 15.0. The highest BCUT2D eigenvalue weighted by Gasteiger charge is 2.23. The van der Waals surface area contributed by atoms with Crippen LogP contribution in [0.5, 0.6) is 0 Å². The van der Waals surface area contributed by atoms with Crippen molar-refractivity contribution in [1.29, 1.82) is 0 Å². The quantitative estimate of drug-likeness (QED) is 0.253. The monoisotopic (exact) mass is 442 g/mol. The minimum atomic E-state index is -0.888. The predicted molar refractivity (Wildman–Crippen MR) is 122 cm³/mol. The third-order valence-corrected chi connectivity index (χ3v) is 6.57. The summed E-state index contributed by atoms with van der Waals surface area (Å²) < 4.78 is 43.1. The van der Waals surface area contributed by atoms with Crippen molar-refractivity contribution in [1.82, 2.24) is 0 Å². The van der Waals surface area contributed by atoms with Crippen molar-refractivity contribution >= 4 is 11.6 Å². The average Bonchev–Trinajstić information content (AvgIpc) is 2.77. The second kappa shape index (κ2) is 9.48. The normalized spacial score (nSPS) is 12.5. The van der Waals surface area contributed by atoms with Crippen LogP contribution < -0.4 is 0 Å². The van der Waals surface area contributed by atoms with Gasteiger partial charge in [-0.25, -0.2) is 13.2 Å². The summed E-state index contributed by atoms with van der Waals surface area (Å²) in [6.07, 6.45) is 8.69. The molecule has 0 saturated carbocycles. The lowest BCUT2D eigenvalue weighted by Gasteiger charge is -2.22. The van der Waals surface area contributed by atoms with Gasteiger partial charge in [0.25, 0.3) is 0 Å². The highest BCUT2D eigenvalue weighted by Crippen LogP contribution is 2.39. The molecule has 0 N–H and O–H groups in total. The smallest absolute Gasteiger partial charge is 0.145 e. The zero-order chi connectivity index (χ0) is 22.0. The highest BCUT2D eigenvalue weighted by molar-refractivity contribution is 6.31. The number of unbranched alkanes of at least 4 members (excludes halogenated alkanes) is 4. The number of fused-ring (bicyclic) bond motifs is 3. The van der Waals surface area contributed by atoms with Crippen LogP contribution in [0.15, 0.2) is 42.5 Å². The van der Waals surface area contributed by atoms with E-state index in [1.54, 1.807) is 6.07 Å². The van der Waals surface area contributed by atoms with E-state index in [0.29, 0.717) is 12.0 Å². The van der Waals surface area contributed by atoms with Crippen molar-refractivity contribution < 1.29 is 13.2 Å². The van der Waals surface area contributed by atoms with Crippen LogP contribution in [0.25, 0.3) is 22.3 Å². The number of halogens is 4. The fourth-order valence-electron chi connectivity index (χ4n) is 4.52. The van der Waals surface area contributed by atoms with Crippen LogP contribution in [-0.4, -0.2) is 0 Å². The van der Waals surface area contributed by atoms with Gasteiger partial charge in [-0.05, 0) is 71.2 Å². The average molecular weight is 443 g/mol. The second-order valence-corrected chi connectivity index (χ2v) is 8.74. The third-order valence-electron chi connectivity index (χ3n) is 6.21. The lowest BCUT2D eigenvalue weighted by Crippen LogP contribution is -2.08. The van der Waals surface area contributed by atoms with Crippen molar-refractivity contribution in [2.75, 3.05) is 0 Å². The molecule has 31 heavy (non-hydrogen) atoms. The van der Waals surface area contributed by atoms with Gasteiger partial charge in [-0.2, -0.15) is 0 Å². The van der Waals surface area contributed by atoms with Gasteiger partial charge in [0.15, 0.2) is 0 Å². The number of hydrogen-bond acceptors (Lipinski definition) is 0. The lowest BCUT2D eigenvalue weighted by molar-refractivity contribution is 0.583. The molecule has 0 bridgehead atoms. The first-order valence-electron chi connectivity index (χ1n) is 11.1. The van der Waals surface area contributed by atoms with E-state index in [9.17, 15) is 8.78 Å². The summed E-state index contributed by atoms with van der Waals surface area (Å²) in [7, 11) is 0. The van der Waals surface area contributed by atoms with Gasteiger partial charge < -0.3 is 0 Å². The summed E-state index contributed by atoms with van der Waals surface area (Å²) in [5, 5.41) is -0.572. The minimum absolute atomic E-state index is 0.156. The fraction of sp³-hybridized carbons (Fsp3) is 0.333. The Balaban J connectivity index is 1.61. The van der Waals surface area contributed by atoms with Crippen LogP contribution in [0, 0.1) is 17.5 Å². The number of hydrogen-bond donors (Lipinski definition) is 0. The summed E-state index contributed by atoms with van der Waals surface area (Å²) >= 11 is 5.57. The van der Waals surface area contributed by atoms with Crippen molar-refractivity contribution in [3.63, 3.8) is 0 Å². The molecule has 0 atom stereocenters. The first kappa shape index (κ1) is 22.0. The SMILES string of the molecule is CCCCCCCc1ccc2c(c1)CCc1c-2ccc(-c2cc(F)c(Cl)c(F)c2)c1F. The van der Waals surface area contributed by atoms with Crippen LogP contribution in [-0.2, 0) is 19.3 Å². The fourth-order valence-corrected chi connectivity index (χ4v) is 4.63. The van der Waals surface area contributed by atoms with Gasteiger partial charge in [-0.1, -0.05) is 74.5 Å². The maximum absolute atomic E-state index is 15.4. The summed E-state index contributed by atoms with van der Waals surface area (Å²) in [6.45, 7) is 2.22. The number of benzene rings is 3. The minimum Gasteiger partial charge on any atom is -0.206 e. The van der Waals surface area contributed by atoms with Crippen LogP contribution in [0.2, 0.25) is 5.02 Å². The molecular weight excluding hydrogens is 417 g/mol. The van der Waals surface area contributed by atoms with E-state index in [2.05, 4.69) is 25.1 Å². The second-order valence-electron chi connectivity index (χ2n) is 8.36. The Labute approximate surface area is 187 Å². The molecule has 3 aromatic rings. The Morgan fingerprint density at radius 2 is 1.45 bits per heavy atom. The van der Waals surface area contributed by atoms with E-state index in [1.807, 2.05) is 6.07 Å². The largest absolute Gasteiger partial charge is 0.206 e. The molecule has 0 amide bonds. The van der Waals surface area contributed by atoms with Gasteiger partial charge in [0, 0.05) is 5.56 Å². The third kappa shape index (κ3) is 4.52. The standard InChI is InChI=1S/C27H26ClF3/c1-2-3-4-5-6-7-17-8-10-20-18(14-17)9-11-23-22(20)13-12-21(27(23)31)19-15-24(29)26(28)25(30)16-19/h8,10,12-16H,2-7,9,11H2,1H3. The molecule has 0 nitrogen and oxygen atoms in total. The van der Waals surface area contributed by atoms with Crippen molar-refractivity contribution in [2.24, 2.45) is 0 Å². The topological polar surface area (TPSA) is 0 Å². The van der Waals surface area contributed by atoms with Gasteiger partial charge >= 0.3 is 0 Å². The van der Waals surface area contributed by atoms with Crippen molar-refractivity contribution in [2.45, 2.75) is 58.3 Å². The molecule has 4 rings (SSSR count). The van der Waals surface area contributed by atoms with Gasteiger partial charge in [-0.3, -0.25) is 0 Å². The molecule has 1 aliphatic rings. The Bertz CT molecular complexity index is 1080. The molecule has 0 aliphatic heterocycles. The van der Waals surface area contributed by atoms with E-state index in [1.165, 1.54) is 43.2 Å². The van der Waals surface area contributed by atoms with Crippen molar-refractivity contribution in [3.8, 4) is 22.3 Å². The molecule has 1 aliphatic carbocycles. The van der Waals surface area contributed by atoms with E-state index < -0.39 is 22.5 Å². The van der Waals surface area contributed by atoms with Crippen LogP contribution in [0.4, 0.5) is 13.2 Å². The van der Waals surface area contributed by atoms with E-state index in [-0.39, 0.29) is 11.1 Å². The molecule has 0 radical (unpaired) electrons. The van der Waals surface area contributed by atoms with Crippen LogP contribution in [0.1, 0.15) is 55.7 Å². The van der Waals surface area contributed by atoms with E-state index in [0.717, 1.165) is 36.1 Å². The molecular formula is C27H26ClF3. The summed E-state index contributed by atoms with van der Waals surface area (Å²) in [5.41, 5.74) is 5.45. The maximum Gasteiger partial charge on any atom is 0.145 e. The van der Waals surface area contributed by atoms with Gasteiger partial charge in [-0.15, -0.1) is 0 Å². The van der Waals surface area contributed by atoms with Gasteiger partial charge in [0.1, 0.15) is 22.5 Å². The Morgan fingerprint density at radius 1 is 0.774 bits per heavy atom. The Morgan fingerprint density at radius 3 is 2.19 bits per heavy atom. The lowest BCUT2D eigenvalue weighted by atomic mass is 9.82. The molecule has 0 heterocycles. The van der Waals surface area contributed by atoms with Crippen LogP contribution >= 0.6 is 11.6 Å². The summed E-state index contributed by atoms with van der Waals surface area (Å²) in [5.74, 6) is -2.19. The zero-order valence-electron chi connectivity index (χ0n) is 17.7. The van der Waals surface area contributed by atoms with Crippen molar-refractivity contribution in [3.05, 3.63) is 81.6 Å². The molecule has 0 aromatic heterocycles. The maximum atomic E-state index is 15.4. The summed E-state index contributed by atoms with van der Waals surface area (Å²) in [4.78, 5) is 0. The molecule has 0 fully saturated rings. The number of rotatable bonds is 7. The predicted octanol–water partition coefficient (Wildman–Crippen LogP) is 8.70.